The fourth-order valence-electron chi connectivity index (χ4n) is 1.28. The third-order valence-electron chi connectivity index (χ3n) is 2.16. The molecule has 98 valence electrons. The van der Waals surface area contributed by atoms with E-state index in [1.54, 1.807) is 0 Å². The van der Waals surface area contributed by atoms with Crippen molar-refractivity contribution in [2.24, 2.45) is 0 Å². The maximum Gasteiger partial charge on any atom is 0.171 e. The van der Waals surface area contributed by atoms with Crippen LogP contribution in [0, 0.1) is 0 Å². The zero-order valence-electron chi connectivity index (χ0n) is 11.2. The zero-order chi connectivity index (χ0) is 12.1. The number of hydrogen-bond donors (Lipinski definition) is 0. The summed E-state index contributed by atoms with van der Waals surface area (Å²) in [7, 11) is -0.414. The molecule has 0 aromatic rings. The van der Waals surface area contributed by atoms with Crippen molar-refractivity contribution in [3.63, 3.8) is 0 Å². The van der Waals surface area contributed by atoms with E-state index < -0.39 is 9.76 Å². The molecule has 0 fully saturated rings. The van der Waals surface area contributed by atoms with Crippen LogP contribution in [0.15, 0.2) is 0 Å². The Morgan fingerprint density at radius 3 is 2.38 bits per heavy atom. The van der Waals surface area contributed by atoms with Crippen LogP contribution in [-0.2, 0) is 13.9 Å². The van der Waals surface area contributed by atoms with Crippen LogP contribution >= 0.6 is 0 Å². The van der Waals surface area contributed by atoms with E-state index >= 15 is 0 Å². The van der Waals surface area contributed by atoms with Gasteiger partial charge in [0.25, 0.3) is 0 Å². The van der Waals surface area contributed by atoms with Gasteiger partial charge >= 0.3 is 0 Å². The minimum atomic E-state index is -0.414. The fourth-order valence-corrected chi connectivity index (χ4v) is 2.61. The first-order chi connectivity index (χ1) is 7.85. The van der Waals surface area contributed by atoms with Crippen molar-refractivity contribution >= 4 is 9.76 Å². The molecule has 1 unspecified atom stereocenters. The highest BCUT2D eigenvalue weighted by atomic mass is 28.2. The molecule has 0 aliphatic heterocycles. The van der Waals surface area contributed by atoms with Crippen molar-refractivity contribution in [1.29, 1.82) is 0 Å². The predicted molar refractivity (Wildman–Crippen MR) is 70.5 cm³/mol. The Balaban J connectivity index is 3.54. The Hall–Kier alpha value is 0.0969. The lowest BCUT2D eigenvalue weighted by Crippen LogP contribution is -2.25. The number of hydrogen-bond acceptors (Lipinski definition) is 3. The molecule has 0 spiro atoms. The van der Waals surface area contributed by atoms with Gasteiger partial charge in [-0.05, 0) is 18.9 Å². The maximum atomic E-state index is 5.78. The molecule has 1 atom stereocenters. The van der Waals surface area contributed by atoms with Gasteiger partial charge in [-0.1, -0.05) is 33.6 Å². The van der Waals surface area contributed by atoms with E-state index in [9.17, 15) is 0 Å². The molecule has 0 aliphatic carbocycles. The largest absolute Gasteiger partial charge is 0.398 e. The Morgan fingerprint density at radius 1 is 1.00 bits per heavy atom. The highest BCUT2D eigenvalue weighted by Gasteiger charge is 2.08. The molecule has 0 saturated carbocycles. The summed E-state index contributed by atoms with van der Waals surface area (Å²) < 4.78 is 16.9. The Labute approximate surface area is 103 Å². The lowest BCUT2D eigenvalue weighted by Gasteiger charge is -2.18. The summed E-state index contributed by atoms with van der Waals surface area (Å²) in [6.45, 7) is 8.59. The SMILES string of the molecule is CCCC[SiH2]OC(COCCC)OCCC. The van der Waals surface area contributed by atoms with E-state index in [1.807, 2.05) is 0 Å². The predicted octanol–water partition coefficient (Wildman–Crippen LogP) is 2.48. The van der Waals surface area contributed by atoms with Crippen LogP contribution in [0.25, 0.3) is 0 Å². The molecular formula is C12H28O3Si. The highest BCUT2D eigenvalue weighted by Crippen LogP contribution is 2.01. The lowest BCUT2D eigenvalue weighted by atomic mass is 10.4. The molecule has 0 aliphatic rings. The summed E-state index contributed by atoms with van der Waals surface area (Å²) in [4.78, 5) is 0. The van der Waals surface area contributed by atoms with Crippen molar-refractivity contribution in [1.82, 2.24) is 0 Å². The molecule has 4 heteroatoms. The number of rotatable bonds is 12. The molecule has 0 aromatic carbocycles. The van der Waals surface area contributed by atoms with E-state index in [2.05, 4.69) is 20.8 Å². The van der Waals surface area contributed by atoms with E-state index in [0.717, 1.165) is 26.1 Å². The first-order valence-corrected chi connectivity index (χ1v) is 8.23. The second-order valence-corrected chi connectivity index (χ2v) is 5.40. The van der Waals surface area contributed by atoms with Crippen LogP contribution in [-0.4, -0.2) is 35.9 Å². The monoisotopic (exact) mass is 248 g/mol. The fraction of sp³-hybridized carbons (Fsp3) is 1.00. The van der Waals surface area contributed by atoms with E-state index in [1.165, 1.54) is 18.9 Å². The minimum Gasteiger partial charge on any atom is -0.398 e. The third-order valence-corrected chi connectivity index (χ3v) is 3.56. The summed E-state index contributed by atoms with van der Waals surface area (Å²) in [6.07, 6.45) is 4.50. The molecule has 0 rings (SSSR count). The van der Waals surface area contributed by atoms with Crippen LogP contribution in [0.5, 0.6) is 0 Å². The normalized spacial score (nSPS) is 13.7. The van der Waals surface area contributed by atoms with E-state index in [4.69, 9.17) is 13.9 Å². The topological polar surface area (TPSA) is 27.7 Å². The van der Waals surface area contributed by atoms with Gasteiger partial charge in [0.1, 0.15) is 0 Å². The molecule has 0 aromatic heterocycles. The second-order valence-electron chi connectivity index (χ2n) is 3.95. The van der Waals surface area contributed by atoms with Crippen molar-refractivity contribution in [3.05, 3.63) is 0 Å². The van der Waals surface area contributed by atoms with E-state index in [0.29, 0.717) is 6.61 Å². The van der Waals surface area contributed by atoms with Gasteiger partial charge in [0.2, 0.25) is 0 Å². The minimum absolute atomic E-state index is 0.116. The lowest BCUT2D eigenvalue weighted by molar-refractivity contribution is -0.121. The molecule has 0 radical (unpaired) electrons. The second kappa shape index (κ2) is 13.2. The molecule has 16 heavy (non-hydrogen) atoms. The van der Waals surface area contributed by atoms with Gasteiger partial charge in [-0.2, -0.15) is 0 Å². The van der Waals surface area contributed by atoms with Crippen LogP contribution in [0.1, 0.15) is 46.5 Å². The van der Waals surface area contributed by atoms with Gasteiger partial charge in [0.15, 0.2) is 16.1 Å². The van der Waals surface area contributed by atoms with Crippen molar-refractivity contribution in [2.45, 2.75) is 58.8 Å². The number of ether oxygens (including phenoxy) is 2. The van der Waals surface area contributed by atoms with Gasteiger partial charge < -0.3 is 13.9 Å². The number of unbranched alkanes of at least 4 members (excludes halogenated alkanes) is 1. The zero-order valence-corrected chi connectivity index (χ0v) is 12.6. The molecule has 0 amide bonds. The summed E-state index contributed by atoms with van der Waals surface area (Å²) in [6, 6.07) is 1.25. The smallest absolute Gasteiger partial charge is 0.171 e. The van der Waals surface area contributed by atoms with Crippen LogP contribution in [0.3, 0.4) is 0 Å². The molecular weight excluding hydrogens is 220 g/mol. The molecule has 0 heterocycles. The Morgan fingerprint density at radius 2 is 1.75 bits per heavy atom. The van der Waals surface area contributed by atoms with Crippen molar-refractivity contribution in [3.8, 4) is 0 Å². The highest BCUT2D eigenvalue weighted by molar-refractivity contribution is 6.27. The van der Waals surface area contributed by atoms with Gasteiger partial charge in [0.05, 0.1) is 6.61 Å². The molecule has 0 saturated heterocycles. The molecule has 0 N–H and O–H groups in total. The van der Waals surface area contributed by atoms with Crippen LogP contribution in [0.4, 0.5) is 0 Å². The summed E-state index contributed by atoms with van der Waals surface area (Å²) in [5.74, 6) is 0. The van der Waals surface area contributed by atoms with Gasteiger partial charge in [-0.25, -0.2) is 0 Å². The average molecular weight is 248 g/mol. The van der Waals surface area contributed by atoms with Gasteiger partial charge in [-0.15, -0.1) is 0 Å². The summed E-state index contributed by atoms with van der Waals surface area (Å²) >= 11 is 0. The molecule has 3 nitrogen and oxygen atoms in total. The van der Waals surface area contributed by atoms with Crippen molar-refractivity contribution < 1.29 is 13.9 Å². The van der Waals surface area contributed by atoms with Gasteiger partial charge in [0, 0.05) is 13.2 Å². The standard InChI is InChI=1S/C12H28O3Si/c1-4-7-10-16-15-12(14-9-6-3)11-13-8-5-2/h12H,4-11,16H2,1-3H3. The average Bonchev–Trinajstić information content (AvgIpc) is 2.31. The van der Waals surface area contributed by atoms with E-state index in [-0.39, 0.29) is 6.29 Å². The Bertz CT molecular complexity index is 133. The first kappa shape index (κ1) is 16.1. The van der Waals surface area contributed by atoms with Crippen LogP contribution < -0.4 is 0 Å². The Kier molecular flexibility index (Phi) is 13.2. The first-order valence-electron chi connectivity index (χ1n) is 6.66. The summed E-state index contributed by atoms with van der Waals surface area (Å²) in [5.41, 5.74) is 0. The maximum absolute atomic E-state index is 5.78. The quantitative estimate of drug-likeness (QED) is 0.302. The van der Waals surface area contributed by atoms with Crippen molar-refractivity contribution in [2.75, 3.05) is 19.8 Å². The molecule has 0 bridgehead atoms. The summed E-state index contributed by atoms with van der Waals surface area (Å²) in [5, 5.41) is 0. The third kappa shape index (κ3) is 10.6. The van der Waals surface area contributed by atoms with Gasteiger partial charge in [-0.3, -0.25) is 0 Å². The van der Waals surface area contributed by atoms with Crippen LogP contribution in [0.2, 0.25) is 6.04 Å².